The molecule has 0 saturated carbocycles. The van der Waals surface area contributed by atoms with Gasteiger partial charge in [-0.15, -0.1) is 0 Å². The molecule has 0 aromatic heterocycles. The quantitative estimate of drug-likeness (QED) is 0.285. The van der Waals surface area contributed by atoms with Gasteiger partial charge in [0.25, 0.3) is 0 Å². The molecule has 5 heteroatoms. The standard InChI is InChI=1S/C7H21BN4/c8-12(6-3-10)7-5-11-4-1-2-9/h11H,1-10H2. The summed E-state index contributed by atoms with van der Waals surface area (Å²) in [5.41, 5.74) is 10.8. The molecule has 0 saturated heterocycles. The minimum Gasteiger partial charge on any atom is -0.347 e. The highest BCUT2D eigenvalue weighted by Gasteiger charge is 1.94. The third-order valence-corrected chi connectivity index (χ3v) is 1.74. The molecule has 0 atom stereocenters. The molecule has 4 nitrogen and oxygen atoms in total. The third-order valence-electron chi connectivity index (χ3n) is 1.74. The van der Waals surface area contributed by atoms with E-state index in [-0.39, 0.29) is 0 Å². The number of nitrogens with zero attached hydrogens (tertiary/aromatic N) is 1. The largest absolute Gasteiger partial charge is 0.347 e. The summed E-state index contributed by atoms with van der Waals surface area (Å²) in [6.45, 7) is 5.58. The first-order valence-electron chi connectivity index (χ1n) is 4.60. The second-order valence-corrected chi connectivity index (χ2v) is 2.98. The lowest BCUT2D eigenvalue weighted by Gasteiger charge is -2.15. The molecule has 0 aliphatic rings. The molecule has 0 radical (unpaired) electrons. The van der Waals surface area contributed by atoms with Crippen molar-refractivity contribution in [1.29, 1.82) is 0 Å². The summed E-state index contributed by atoms with van der Waals surface area (Å²) in [5.74, 6) is 0. The van der Waals surface area contributed by atoms with E-state index in [1.807, 2.05) is 0 Å². The van der Waals surface area contributed by atoms with Gasteiger partial charge in [-0.2, -0.15) is 0 Å². The van der Waals surface area contributed by atoms with E-state index in [2.05, 4.69) is 18.1 Å². The van der Waals surface area contributed by atoms with Gasteiger partial charge in [-0.3, -0.25) is 0 Å². The monoisotopic (exact) mass is 172 g/mol. The molecular formula is C7H21BN4. The Labute approximate surface area is 76.1 Å². The Morgan fingerprint density at radius 3 is 2.42 bits per heavy atom. The minimum absolute atomic E-state index is 0.735. The first-order valence-corrected chi connectivity index (χ1v) is 4.60. The van der Waals surface area contributed by atoms with Crippen LogP contribution in [0.2, 0.25) is 0 Å². The lowest BCUT2D eigenvalue weighted by molar-refractivity contribution is 0.448. The summed E-state index contributed by atoms with van der Waals surface area (Å²) < 4.78 is 0. The smallest absolute Gasteiger partial charge is 0.185 e. The fraction of sp³-hybridized carbons (Fsp3) is 1.00. The van der Waals surface area contributed by atoms with Crippen LogP contribution in [0.15, 0.2) is 0 Å². The van der Waals surface area contributed by atoms with Crippen molar-refractivity contribution < 1.29 is 0 Å². The summed E-state index contributed by atoms with van der Waals surface area (Å²) in [7, 11) is 2.08. The van der Waals surface area contributed by atoms with Gasteiger partial charge in [0, 0.05) is 13.1 Å². The molecule has 0 amide bonds. The zero-order valence-corrected chi connectivity index (χ0v) is 8.05. The predicted octanol–water partition coefficient (Wildman–Crippen LogP) is -2.27. The molecule has 0 aromatic carbocycles. The van der Waals surface area contributed by atoms with E-state index >= 15 is 0 Å². The molecule has 0 fully saturated rings. The zero-order chi connectivity index (χ0) is 9.23. The molecule has 5 N–H and O–H groups in total. The maximum Gasteiger partial charge on any atom is 0.185 e. The van der Waals surface area contributed by atoms with Crippen molar-refractivity contribution in [3.05, 3.63) is 0 Å². The van der Waals surface area contributed by atoms with Crippen LogP contribution in [0, 0.1) is 0 Å². The zero-order valence-electron chi connectivity index (χ0n) is 8.05. The van der Waals surface area contributed by atoms with Crippen molar-refractivity contribution in [2.45, 2.75) is 6.42 Å². The van der Waals surface area contributed by atoms with E-state index in [9.17, 15) is 0 Å². The van der Waals surface area contributed by atoms with Crippen LogP contribution in [0.3, 0.4) is 0 Å². The van der Waals surface area contributed by atoms with E-state index in [0.29, 0.717) is 0 Å². The van der Waals surface area contributed by atoms with Crippen molar-refractivity contribution in [1.82, 2.24) is 10.1 Å². The van der Waals surface area contributed by atoms with E-state index < -0.39 is 0 Å². The molecule has 0 heterocycles. The fourth-order valence-electron chi connectivity index (χ4n) is 0.954. The van der Waals surface area contributed by atoms with Crippen molar-refractivity contribution in [3.8, 4) is 0 Å². The lowest BCUT2D eigenvalue weighted by atomic mass is 10.3. The summed E-state index contributed by atoms with van der Waals surface area (Å²) in [4.78, 5) is 2.22. The summed E-state index contributed by atoms with van der Waals surface area (Å²) in [6, 6.07) is 0. The average molecular weight is 172 g/mol. The van der Waals surface area contributed by atoms with Gasteiger partial charge in [0.15, 0.2) is 7.98 Å². The number of hydrogen-bond donors (Lipinski definition) is 3. The van der Waals surface area contributed by atoms with Gasteiger partial charge < -0.3 is 21.6 Å². The maximum atomic E-state index is 5.40. The molecule has 0 bridgehead atoms. The highest BCUT2D eigenvalue weighted by atomic mass is 15.1. The summed E-state index contributed by atoms with van der Waals surface area (Å²) >= 11 is 0. The van der Waals surface area contributed by atoms with E-state index in [0.717, 1.165) is 45.7 Å². The van der Waals surface area contributed by atoms with Crippen LogP contribution >= 0.6 is 0 Å². The van der Waals surface area contributed by atoms with Crippen LogP contribution in [-0.2, 0) is 0 Å². The maximum absolute atomic E-state index is 5.40. The summed E-state index contributed by atoms with van der Waals surface area (Å²) in [5, 5.41) is 3.31. The molecule has 0 aromatic rings. The average Bonchev–Trinajstić information content (AvgIpc) is 2.05. The highest BCUT2D eigenvalue weighted by Crippen LogP contribution is 1.76. The predicted molar refractivity (Wildman–Crippen MR) is 55.7 cm³/mol. The van der Waals surface area contributed by atoms with Crippen LogP contribution in [0.5, 0.6) is 0 Å². The second kappa shape index (κ2) is 9.00. The van der Waals surface area contributed by atoms with Crippen LogP contribution in [0.1, 0.15) is 6.42 Å². The Balaban J connectivity index is 2.97. The van der Waals surface area contributed by atoms with Gasteiger partial charge in [0.1, 0.15) is 0 Å². The Kier molecular flexibility index (Phi) is 8.93. The molecule has 72 valence electrons. The van der Waals surface area contributed by atoms with Crippen molar-refractivity contribution >= 4 is 7.98 Å². The lowest BCUT2D eigenvalue weighted by Crippen LogP contribution is -2.34. The Morgan fingerprint density at radius 1 is 1.08 bits per heavy atom. The fourth-order valence-corrected chi connectivity index (χ4v) is 0.954. The van der Waals surface area contributed by atoms with Crippen LogP contribution in [0.4, 0.5) is 0 Å². The Bertz CT molecular complexity index is 91.5. The molecule has 0 aliphatic heterocycles. The van der Waals surface area contributed by atoms with Gasteiger partial charge in [-0.05, 0) is 32.6 Å². The third kappa shape index (κ3) is 8.01. The number of nitrogens with one attached hydrogen (secondary N) is 1. The van der Waals surface area contributed by atoms with Crippen molar-refractivity contribution in [2.24, 2.45) is 11.5 Å². The Hall–Kier alpha value is -0.0951. The number of nitrogens with two attached hydrogens (primary N) is 2. The number of rotatable bonds is 8. The first-order chi connectivity index (χ1) is 5.81. The van der Waals surface area contributed by atoms with E-state index in [1.165, 1.54) is 0 Å². The van der Waals surface area contributed by atoms with Crippen LogP contribution in [-0.4, -0.2) is 52.1 Å². The molecule has 0 aliphatic carbocycles. The van der Waals surface area contributed by atoms with E-state index in [4.69, 9.17) is 11.5 Å². The SMILES string of the molecule is BN(CCN)CCNCCCN. The van der Waals surface area contributed by atoms with Gasteiger partial charge in [-0.1, -0.05) is 0 Å². The van der Waals surface area contributed by atoms with E-state index in [1.54, 1.807) is 0 Å². The van der Waals surface area contributed by atoms with Crippen LogP contribution < -0.4 is 16.8 Å². The first kappa shape index (κ1) is 11.9. The summed E-state index contributed by atoms with van der Waals surface area (Å²) in [6.07, 6.45) is 1.06. The molecule has 0 rings (SSSR count). The topological polar surface area (TPSA) is 67.3 Å². The Morgan fingerprint density at radius 2 is 1.83 bits per heavy atom. The van der Waals surface area contributed by atoms with Crippen molar-refractivity contribution in [3.63, 3.8) is 0 Å². The van der Waals surface area contributed by atoms with Gasteiger partial charge >= 0.3 is 0 Å². The number of hydrogen-bond acceptors (Lipinski definition) is 4. The normalized spacial score (nSPS) is 10.9. The van der Waals surface area contributed by atoms with Gasteiger partial charge in [0.2, 0.25) is 0 Å². The molecule has 0 unspecified atom stereocenters. The van der Waals surface area contributed by atoms with Gasteiger partial charge in [0.05, 0.1) is 0 Å². The van der Waals surface area contributed by atoms with Gasteiger partial charge in [-0.25, -0.2) is 0 Å². The van der Waals surface area contributed by atoms with Crippen LogP contribution in [0.25, 0.3) is 0 Å². The molecule has 12 heavy (non-hydrogen) atoms. The highest BCUT2D eigenvalue weighted by molar-refractivity contribution is 6.04. The van der Waals surface area contributed by atoms with Crippen molar-refractivity contribution in [2.75, 3.05) is 39.3 Å². The minimum atomic E-state index is 0.735. The molecular weight excluding hydrogens is 151 g/mol. The molecule has 0 spiro atoms. The second-order valence-electron chi connectivity index (χ2n) is 2.98.